The van der Waals surface area contributed by atoms with E-state index in [0.717, 1.165) is 25.1 Å². The number of nitrogens with one attached hydrogen (secondary N) is 2. The van der Waals surface area contributed by atoms with Crippen molar-refractivity contribution >= 4 is 17.7 Å². The van der Waals surface area contributed by atoms with E-state index >= 15 is 0 Å². The highest BCUT2D eigenvalue weighted by molar-refractivity contribution is 7.99. The van der Waals surface area contributed by atoms with E-state index in [-0.39, 0.29) is 17.4 Å². The molecule has 2 fully saturated rings. The van der Waals surface area contributed by atoms with Gasteiger partial charge in [0.1, 0.15) is 0 Å². The van der Waals surface area contributed by atoms with Crippen LogP contribution in [0.4, 0.5) is 0 Å². The van der Waals surface area contributed by atoms with Gasteiger partial charge in [-0.05, 0) is 43.4 Å². The molecule has 2 N–H and O–H groups in total. The third-order valence-corrected chi connectivity index (χ3v) is 5.11. The molecule has 0 spiro atoms. The first-order chi connectivity index (χ1) is 8.09. The quantitative estimate of drug-likeness (QED) is 0.791. The Morgan fingerprint density at radius 2 is 2.24 bits per heavy atom. The third kappa shape index (κ3) is 3.38. The predicted molar refractivity (Wildman–Crippen MR) is 73.3 cm³/mol. The fourth-order valence-corrected chi connectivity index (χ4v) is 3.87. The Kier molecular flexibility index (Phi) is 4.36. The Morgan fingerprint density at radius 1 is 1.41 bits per heavy atom. The highest BCUT2D eigenvalue weighted by atomic mass is 32.2. The molecule has 3 nitrogen and oxygen atoms in total. The molecule has 2 aliphatic heterocycles. The van der Waals surface area contributed by atoms with Gasteiger partial charge in [0.25, 0.3) is 0 Å². The van der Waals surface area contributed by atoms with Crippen LogP contribution < -0.4 is 10.6 Å². The van der Waals surface area contributed by atoms with Crippen LogP contribution in [0, 0.1) is 5.41 Å². The Morgan fingerprint density at radius 3 is 2.88 bits per heavy atom. The van der Waals surface area contributed by atoms with E-state index < -0.39 is 0 Å². The van der Waals surface area contributed by atoms with Gasteiger partial charge in [-0.2, -0.15) is 11.8 Å². The van der Waals surface area contributed by atoms with E-state index in [0.29, 0.717) is 6.04 Å². The fraction of sp³-hybridized carbons (Fsp3) is 0.923. The van der Waals surface area contributed by atoms with Gasteiger partial charge in [-0.1, -0.05) is 13.8 Å². The van der Waals surface area contributed by atoms with E-state index in [1.165, 1.54) is 18.6 Å². The summed E-state index contributed by atoms with van der Waals surface area (Å²) in [6.45, 7) is 5.36. The first-order valence-electron chi connectivity index (χ1n) is 6.71. The number of carbonyl (C=O) groups excluding carboxylic acids is 1. The lowest BCUT2D eigenvalue weighted by atomic mass is 9.77. The Hall–Kier alpha value is -0.220. The smallest absolute Gasteiger partial charge is 0.237 e. The average Bonchev–Trinajstić information content (AvgIpc) is 2.29. The highest BCUT2D eigenvalue weighted by Gasteiger charge is 2.37. The topological polar surface area (TPSA) is 41.1 Å². The van der Waals surface area contributed by atoms with E-state index in [1.807, 2.05) is 11.8 Å². The Labute approximate surface area is 108 Å². The zero-order valence-corrected chi connectivity index (χ0v) is 11.7. The Bertz CT molecular complexity index is 275. The summed E-state index contributed by atoms with van der Waals surface area (Å²) in [7, 11) is 0. The van der Waals surface area contributed by atoms with Crippen LogP contribution in [-0.2, 0) is 4.79 Å². The molecule has 2 aliphatic rings. The largest absolute Gasteiger partial charge is 0.351 e. The molecule has 17 heavy (non-hydrogen) atoms. The Balaban J connectivity index is 1.89. The zero-order chi connectivity index (χ0) is 12.3. The van der Waals surface area contributed by atoms with E-state index in [9.17, 15) is 4.79 Å². The SMILES string of the molecule is CC1(C)CCCNC1C(=O)NC1CCCSC1. The molecule has 2 rings (SSSR count). The van der Waals surface area contributed by atoms with Gasteiger partial charge in [-0.25, -0.2) is 0 Å². The average molecular weight is 256 g/mol. The summed E-state index contributed by atoms with van der Waals surface area (Å²) in [6.07, 6.45) is 4.69. The van der Waals surface area contributed by atoms with Gasteiger partial charge in [0.2, 0.25) is 5.91 Å². The van der Waals surface area contributed by atoms with Gasteiger partial charge in [0.15, 0.2) is 0 Å². The van der Waals surface area contributed by atoms with Crippen LogP contribution in [0.2, 0.25) is 0 Å². The summed E-state index contributed by atoms with van der Waals surface area (Å²) in [4.78, 5) is 12.3. The van der Waals surface area contributed by atoms with Crippen molar-refractivity contribution in [3.8, 4) is 0 Å². The summed E-state index contributed by atoms with van der Waals surface area (Å²) in [5.41, 5.74) is 0.0874. The number of thioether (sulfide) groups is 1. The van der Waals surface area contributed by atoms with Crippen molar-refractivity contribution in [2.45, 2.75) is 51.6 Å². The maximum Gasteiger partial charge on any atom is 0.237 e. The van der Waals surface area contributed by atoms with Crippen molar-refractivity contribution in [1.29, 1.82) is 0 Å². The maximum atomic E-state index is 12.3. The van der Waals surface area contributed by atoms with Gasteiger partial charge < -0.3 is 10.6 Å². The van der Waals surface area contributed by atoms with Gasteiger partial charge in [-0.3, -0.25) is 4.79 Å². The number of carbonyl (C=O) groups is 1. The zero-order valence-electron chi connectivity index (χ0n) is 10.9. The van der Waals surface area contributed by atoms with Crippen LogP contribution >= 0.6 is 11.8 Å². The molecule has 0 aromatic heterocycles. The number of amides is 1. The predicted octanol–water partition coefficient (Wildman–Crippen LogP) is 1.78. The lowest BCUT2D eigenvalue weighted by molar-refractivity contribution is -0.127. The van der Waals surface area contributed by atoms with Crippen LogP contribution in [0.15, 0.2) is 0 Å². The minimum Gasteiger partial charge on any atom is -0.351 e. The molecule has 98 valence electrons. The molecule has 0 aliphatic carbocycles. The number of hydrogen-bond donors (Lipinski definition) is 2. The summed E-state index contributed by atoms with van der Waals surface area (Å²) in [5.74, 6) is 2.54. The normalized spacial score (nSPS) is 33.1. The number of rotatable bonds is 2. The number of hydrogen-bond acceptors (Lipinski definition) is 3. The second kappa shape index (κ2) is 5.61. The third-order valence-electron chi connectivity index (χ3n) is 3.90. The summed E-state index contributed by atoms with van der Waals surface area (Å²) in [5, 5.41) is 6.60. The maximum absolute atomic E-state index is 12.3. The fourth-order valence-electron chi connectivity index (χ4n) is 2.80. The van der Waals surface area contributed by atoms with Gasteiger partial charge in [-0.15, -0.1) is 0 Å². The highest BCUT2D eigenvalue weighted by Crippen LogP contribution is 2.30. The summed E-state index contributed by atoms with van der Waals surface area (Å²) < 4.78 is 0. The number of piperidine rings is 1. The van der Waals surface area contributed by atoms with Gasteiger partial charge in [0.05, 0.1) is 6.04 Å². The lowest BCUT2D eigenvalue weighted by Crippen LogP contribution is -2.57. The molecule has 0 saturated carbocycles. The molecule has 1 amide bonds. The van der Waals surface area contributed by atoms with Crippen molar-refractivity contribution in [2.75, 3.05) is 18.1 Å². The molecule has 4 heteroatoms. The van der Waals surface area contributed by atoms with E-state index in [1.54, 1.807) is 0 Å². The standard InChI is InChI=1S/C13H24N2OS/c1-13(2)6-4-7-14-11(13)12(16)15-10-5-3-8-17-9-10/h10-11,14H,3-9H2,1-2H3,(H,15,16). The molecule has 0 radical (unpaired) electrons. The molecule has 0 aromatic rings. The first kappa shape index (κ1) is 13.2. The second-order valence-electron chi connectivity index (χ2n) is 5.90. The summed E-state index contributed by atoms with van der Waals surface area (Å²) in [6, 6.07) is 0.379. The van der Waals surface area contributed by atoms with Crippen molar-refractivity contribution in [1.82, 2.24) is 10.6 Å². The van der Waals surface area contributed by atoms with Crippen molar-refractivity contribution in [3.63, 3.8) is 0 Å². The second-order valence-corrected chi connectivity index (χ2v) is 7.05. The van der Waals surface area contributed by atoms with Crippen LogP contribution in [0.25, 0.3) is 0 Å². The van der Waals surface area contributed by atoms with Crippen LogP contribution in [0.5, 0.6) is 0 Å². The van der Waals surface area contributed by atoms with Crippen molar-refractivity contribution in [2.24, 2.45) is 5.41 Å². The summed E-state index contributed by atoms with van der Waals surface area (Å²) >= 11 is 1.96. The lowest BCUT2D eigenvalue weighted by Gasteiger charge is -2.39. The molecule has 2 unspecified atom stereocenters. The van der Waals surface area contributed by atoms with Crippen molar-refractivity contribution < 1.29 is 4.79 Å². The van der Waals surface area contributed by atoms with Crippen LogP contribution in [0.3, 0.4) is 0 Å². The monoisotopic (exact) mass is 256 g/mol. The van der Waals surface area contributed by atoms with Gasteiger partial charge >= 0.3 is 0 Å². The minimum atomic E-state index is -0.0109. The van der Waals surface area contributed by atoms with Gasteiger partial charge in [0, 0.05) is 11.8 Å². The van der Waals surface area contributed by atoms with Crippen molar-refractivity contribution in [3.05, 3.63) is 0 Å². The molecule has 0 bridgehead atoms. The van der Waals surface area contributed by atoms with E-state index in [2.05, 4.69) is 24.5 Å². The minimum absolute atomic E-state index is 0.0109. The van der Waals surface area contributed by atoms with Crippen LogP contribution in [0.1, 0.15) is 39.5 Å². The molecular weight excluding hydrogens is 232 g/mol. The van der Waals surface area contributed by atoms with E-state index in [4.69, 9.17) is 0 Å². The molecular formula is C13H24N2OS. The first-order valence-corrected chi connectivity index (χ1v) is 7.86. The van der Waals surface area contributed by atoms with Crippen LogP contribution in [-0.4, -0.2) is 36.0 Å². The molecule has 2 saturated heterocycles. The molecule has 0 aromatic carbocycles. The molecule has 2 heterocycles. The molecule has 2 atom stereocenters.